The molecule has 1 aliphatic heterocycles. The molecule has 1 aromatic carbocycles. The summed E-state index contributed by atoms with van der Waals surface area (Å²) in [6.07, 6.45) is 2.06. The van der Waals surface area contributed by atoms with Gasteiger partial charge in [0, 0.05) is 32.9 Å². The zero-order valence-corrected chi connectivity index (χ0v) is 17.1. The Morgan fingerprint density at radius 3 is 2.73 bits per heavy atom. The quantitative estimate of drug-likeness (QED) is 0.244. The topological polar surface area (TPSA) is 64.1 Å². The second-order valence-electron chi connectivity index (χ2n) is 5.56. The monoisotopic (exact) mass is 485 g/mol. The molecule has 26 heavy (non-hydrogen) atoms. The molecule has 0 bridgehead atoms. The number of aliphatic imine (C=N–C) groups is 1. The molecule has 2 N–H and O–H groups in total. The van der Waals surface area contributed by atoms with Gasteiger partial charge in [0.1, 0.15) is 12.4 Å². The van der Waals surface area contributed by atoms with Gasteiger partial charge in [-0.1, -0.05) is 0 Å². The van der Waals surface area contributed by atoms with Gasteiger partial charge in [-0.3, -0.25) is 4.99 Å². The number of halogens is 3. The number of nitrogens with one attached hydrogen (secondary N) is 2. The summed E-state index contributed by atoms with van der Waals surface area (Å²) in [6, 6.07) is 3.46. The van der Waals surface area contributed by atoms with E-state index in [9.17, 15) is 8.78 Å². The second kappa shape index (κ2) is 13.0. The van der Waals surface area contributed by atoms with Crippen LogP contribution in [0.15, 0.2) is 23.2 Å². The van der Waals surface area contributed by atoms with Crippen LogP contribution in [0.25, 0.3) is 0 Å². The van der Waals surface area contributed by atoms with Gasteiger partial charge >= 0.3 is 0 Å². The average Bonchev–Trinajstić information content (AvgIpc) is 3.13. The highest BCUT2D eigenvalue weighted by atomic mass is 127. The SMILES string of the molecule is CN=C(NCCCOC1CCOC1)NCCOc1ccc(F)c(F)c1.I. The minimum atomic E-state index is -0.922. The molecule has 1 aliphatic rings. The van der Waals surface area contributed by atoms with Crippen LogP contribution in [-0.4, -0.2) is 58.6 Å². The highest BCUT2D eigenvalue weighted by Crippen LogP contribution is 2.14. The molecule has 9 heteroatoms. The lowest BCUT2D eigenvalue weighted by Gasteiger charge is -2.13. The van der Waals surface area contributed by atoms with Gasteiger partial charge in [0.05, 0.1) is 19.3 Å². The fourth-order valence-corrected chi connectivity index (χ4v) is 2.30. The Kier molecular flexibility index (Phi) is 11.5. The van der Waals surface area contributed by atoms with Crippen LogP contribution in [0.5, 0.6) is 5.75 Å². The molecular formula is C17H26F2IN3O3. The van der Waals surface area contributed by atoms with E-state index in [0.29, 0.717) is 32.3 Å². The molecular weight excluding hydrogens is 459 g/mol. The van der Waals surface area contributed by atoms with Crippen molar-refractivity contribution in [3.05, 3.63) is 29.8 Å². The number of benzene rings is 1. The molecule has 1 fully saturated rings. The fourth-order valence-electron chi connectivity index (χ4n) is 2.30. The summed E-state index contributed by atoms with van der Waals surface area (Å²) in [7, 11) is 1.68. The Balaban J connectivity index is 0.00000338. The van der Waals surface area contributed by atoms with Crippen LogP contribution < -0.4 is 15.4 Å². The summed E-state index contributed by atoms with van der Waals surface area (Å²) >= 11 is 0. The van der Waals surface area contributed by atoms with Crippen molar-refractivity contribution in [1.82, 2.24) is 10.6 Å². The first-order valence-corrected chi connectivity index (χ1v) is 8.40. The van der Waals surface area contributed by atoms with Gasteiger partial charge in [-0.15, -0.1) is 24.0 Å². The number of guanidine groups is 1. The number of ether oxygens (including phenoxy) is 3. The highest BCUT2D eigenvalue weighted by molar-refractivity contribution is 14.0. The van der Waals surface area contributed by atoms with E-state index >= 15 is 0 Å². The number of hydrogen-bond acceptors (Lipinski definition) is 4. The zero-order chi connectivity index (χ0) is 17.9. The first-order chi connectivity index (χ1) is 12.2. The molecule has 0 radical (unpaired) electrons. The molecule has 0 saturated carbocycles. The van der Waals surface area contributed by atoms with Crippen molar-refractivity contribution >= 4 is 29.9 Å². The summed E-state index contributed by atoms with van der Waals surface area (Å²) in [4.78, 5) is 4.10. The van der Waals surface area contributed by atoms with Crippen LogP contribution >= 0.6 is 24.0 Å². The van der Waals surface area contributed by atoms with Crippen molar-refractivity contribution in [2.24, 2.45) is 4.99 Å². The summed E-state index contributed by atoms with van der Waals surface area (Å²) in [5, 5.41) is 6.26. The predicted molar refractivity (Wildman–Crippen MR) is 106 cm³/mol. The van der Waals surface area contributed by atoms with Crippen LogP contribution in [0.1, 0.15) is 12.8 Å². The predicted octanol–water partition coefficient (Wildman–Crippen LogP) is 2.32. The van der Waals surface area contributed by atoms with Gasteiger partial charge in [0.2, 0.25) is 0 Å². The van der Waals surface area contributed by atoms with Crippen LogP contribution in [0.2, 0.25) is 0 Å². The van der Waals surface area contributed by atoms with E-state index in [2.05, 4.69) is 15.6 Å². The molecule has 1 heterocycles. The van der Waals surface area contributed by atoms with E-state index in [1.54, 1.807) is 7.05 Å². The van der Waals surface area contributed by atoms with E-state index in [4.69, 9.17) is 14.2 Å². The van der Waals surface area contributed by atoms with Crippen molar-refractivity contribution in [2.45, 2.75) is 18.9 Å². The first-order valence-electron chi connectivity index (χ1n) is 8.40. The molecule has 0 amide bonds. The van der Waals surface area contributed by atoms with Crippen molar-refractivity contribution in [3.8, 4) is 5.75 Å². The largest absolute Gasteiger partial charge is 0.492 e. The lowest BCUT2D eigenvalue weighted by molar-refractivity contribution is 0.0420. The van der Waals surface area contributed by atoms with Gasteiger partial charge < -0.3 is 24.8 Å². The first kappa shape index (κ1) is 22.8. The molecule has 0 aliphatic carbocycles. The third-order valence-corrected chi connectivity index (χ3v) is 3.63. The zero-order valence-electron chi connectivity index (χ0n) is 14.8. The minimum absolute atomic E-state index is 0. The van der Waals surface area contributed by atoms with Crippen LogP contribution in [-0.2, 0) is 9.47 Å². The number of nitrogens with zero attached hydrogens (tertiary/aromatic N) is 1. The third-order valence-electron chi connectivity index (χ3n) is 3.63. The van der Waals surface area contributed by atoms with E-state index < -0.39 is 11.6 Å². The molecule has 1 aromatic rings. The Hall–Kier alpha value is -1.20. The fraction of sp³-hybridized carbons (Fsp3) is 0.588. The third kappa shape index (κ3) is 8.45. The summed E-state index contributed by atoms with van der Waals surface area (Å²) < 4.78 is 42.2. The lowest BCUT2D eigenvalue weighted by atomic mass is 10.3. The maximum Gasteiger partial charge on any atom is 0.191 e. The molecule has 148 valence electrons. The van der Waals surface area contributed by atoms with Crippen LogP contribution in [0.3, 0.4) is 0 Å². The van der Waals surface area contributed by atoms with Crippen molar-refractivity contribution in [2.75, 3.05) is 46.6 Å². The summed E-state index contributed by atoms with van der Waals surface area (Å²) in [6.45, 7) is 3.67. The van der Waals surface area contributed by atoms with Crippen LogP contribution in [0.4, 0.5) is 8.78 Å². The minimum Gasteiger partial charge on any atom is -0.492 e. The molecule has 0 spiro atoms. The van der Waals surface area contributed by atoms with Gasteiger partial charge in [-0.25, -0.2) is 8.78 Å². The Labute approximate surface area is 169 Å². The number of rotatable bonds is 9. The summed E-state index contributed by atoms with van der Waals surface area (Å²) in [5.41, 5.74) is 0. The van der Waals surface area contributed by atoms with E-state index in [1.807, 2.05) is 0 Å². The standard InChI is InChI=1S/C17H25F2N3O3.HI/c1-20-17(21-6-2-8-24-14-5-9-23-12-14)22-7-10-25-13-3-4-15(18)16(19)11-13;/h3-4,11,14H,2,5-10,12H2,1H3,(H2,20,21,22);1H. The smallest absolute Gasteiger partial charge is 0.191 e. The number of hydrogen-bond donors (Lipinski definition) is 2. The van der Waals surface area contributed by atoms with Crippen molar-refractivity contribution < 1.29 is 23.0 Å². The molecule has 1 atom stereocenters. The lowest BCUT2D eigenvalue weighted by Crippen LogP contribution is -2.40. The maximum absolute atomic E-state index is 13.1. The Morgan fingerprint density at radius 1 is 1.23 bits per heavy atom. The second-order valence-corrected chi connectivity index (χ2v) is 5.56. The van der Waals surface area contributed by atoms with Gasteiger partial charge in [0.15, 0.2) is 17.6 Å². The highest BCUT2D eigenvalue weighted by Gasteiger charge is 2.15. The molecule has 1 saturated heterocycles. The van der Waals surface area contributed by atoms with Crippen molar-refractivity contribution in [1.29, 1.82) is 0 Å². The Bertz CT molecular complexity index is 558. The van der Waals surface area contributed by atoms with Gasteiger partial charge in [-0.2, -0.15) is 0 Å². The van der Waals surface area contributed by atoms with Crippen molar-refractivity contribution in [3.63, 3.8) is 0 Å². The van der Waals surface area contributed by atoms with Gasteiger partial charge in [0.25, 0.3) is 0 Å². The van der Waals surface area contributed by atoms with E-state index in [1.165, 1.54) is 6.07 Å². The maximum atomic E-state index is 13.1. The summed E-state index contributed by atoms with van der Waals surface area (Å²) in [5.74, 6) is -0.872. The molecule has 2 rings (SSSR count). The normalized spacial score (nSPS) is 16.9. The molecule has 1 unspecified atom stereocenters. The average molecular weight is 485 g/mol. The molecule has 0 aromatic heterocycles. The van der Waals surface area contributed by atoms with E-state index in [0.717, 1.165) is 38.1 Å². The molecule has 6 nitrogen and oxygen atoms in total. The Morgan fingerprint density at radius 2 is 2.04 bits per heavy atom. The van der Waals surface area contributed by atoms with Gasteiger partial charge in [-0.05, 0) is 25.0 Å². The van der Waals surface area contributed by atoms with Crippen LogP contribution in [0, 0.1) is 11.6 Å². The van der Waals surface area contributed by atoms with E-state index in [-0.39, 0.29) is 35.8 Å².